The van der Waals surface area contributed by atoms with Gasteiger partial charge in [0.25, 0.3) is 0 Å². The van der Waals surface area contributed by atoms with Gasteiger partial charge < -0.3 is 5.32 Å². The van der Waals surface area contributed by atoms with Crippen LogP contribution in [0.15, 0.2) is 0 Å². The molecule has 0 aromatic rings. The van der Waals surface area contributed by atoms with Crippen LogP contribution in [0.2, 0.25) is 0 Å². The Morgan fingerprint density at radius 3 is 2.60 bits per heavy atom. The maximum atomic E-state index is 6.97. The fourth-order valence-corrected chi connectivity index (χ4v) is 1.52. The third-order valence-corrected chi connectivity index (χ3v) is 2.14. The van der Waals surface area contributed by atoms with Crippen molar-refractivity contribution in [3.63, 3.8) is 0 Å². The molecule has 1 aliphatic carbocycles. The maximum Gasteiger partial charge on any atom is 0.0910 e. The molecule has 3 heteroatoms. The summed E-state index contributed by atoms with van der Waals surface area (Å²) in [5, 5.41) is 3.17. The first kappa shape index (κ1) is 7.95. The second kappa shape index (κ2) is 3.88. The van der Waals surface area contributed by atoms with Crippen LogP contribution in [0.3, 0.4) is 0 Å². The Morgan fingerprint density at radius 1 is 1.50 bits per heavy atom. The monoisotopic (exact) mass is 157 g/mol. The highest BCUT2D eigenvalue weighted by Gasteiger charge is 2.14. The molecule has 0 aliphatic heterocycles. The molecule has 0 aromatic heterocycles. The number of nitrogens with one attached hydrogen (secondary N) is 2. The SMILES string of the molecule is [NH]CC(=S)NC1CCCC1. The fourth-order valence-electron chi connectivity index (χ4n) is 1.35. The van der Waals surface area contributed by atoms with E-state index in [1.54, 1.807) is 0 Å². The molecule has 2 N–H and O–H groups in total. The second-order valence-electron chi connectivity index (χ2n) is 2.73. The number of hydrogen-bond acceptors (Lipinski definition) is 1. The predicted molar refractivity (Wildman–Crippen MR) is 46.0 cm³/mol. The first-order chi connectivity index (χ1) is 4.83. The maximum absolute atomic E-state index is 6.97. The molecule has 0 spiro atoms. The van der Waals surface area contributed by atoms with E-state index in [9.17, 15) is 0 Å². The molecular weight excluding hydrogens is 144 g/mol. The molecule has 1 radical (unpaired) electrons. The lowest BCUT2D eigenvalue weighted by Gasteiger charge is -2.11. The number of thiocarbonyl (C=S) groups is 1. The zero-order valence-electron chi connectivity index (χ0n) is 6.02. The lowest BCUT2D eigenvalue weighted by Crippen LogP contribution is -2.33. The first-order valence-corrected chi connectivity index (χ1v) is 4.17. The van der Waals surface area contributed by atoms with E-state index in [2.05, 4.69) is 5.32 Å². The molecule has 0 amide bonds. The van der Waals surface area contributed by atoms with Gasteiger partial charge in [0.05, 0.1) is 11.5 Å². The predicted octanol–water partition coefficient (Wildman–Crippen LogP) is 1.13. The van der Waals surface area contributed by atoms with Gasteiger partial charge in [-0.3, -0.25) is 5.73 Å². The molecule has 2 nitrogen and oxygen atoms in total. The van der Waals surface area contributed by atoms with Crippen LogP contribution in [-0.4, -0.2) is 17.6 Å². The van der Waals surface area contributed by atoms with Crippen molar-refractivity contribution < 1.29 is 0 Å². The van der Waals surface area contributed by atoms with E-state index < -0.39 is 0 Å². The van der Waals surface area contributed by atoms with Crippen molar-refractivity contribution >= 4 is 17.2 Å². The van der Waals surface area contributed by atoms with Gasteiger partial charge in [-0.15, -0.1) is 0 Å². The van der Waals surface area contributed by atoms with E-state index in [1.807, 2.05) is 0 Å². The standard InChI is InChI=1S/C7H13N2S/c8-5-7(10)9-6-3-1-2-4-6/h6,8H,1-5H2,(H,9,10). The van der Waals surface area contributed by atoms with E-state index >= 15 is 0 Å². The van der Waals surface area contributed by atoms with Crippen LogP contribution in [0.25, 0.3) is 0 Å². The quantitative estimate of drug-likeness (QED) is 0.610. The normalized spacial score (nSPS) is 19.3. The van der Waals surface area contributed by atoms with Crippen LogP contribution in [0.1, 0.15) is 25.7 Å². The van der Waals surface area contributed by atoms with Crippen LogP contribution < -0.4 is 11.1 Å². The summed E-state index contributed by atoms with van der Waals surface area (Å²) in [7, 11) is 0. The second-order valence-corrected chi connectivity index (χ2v) is 3.22. The Hall–Kier alpha value is -0.150. The average Bonchev–Trinajstić information content (AvgIpc) is 2.40. The minimum Gasteiger partial charge on any atom is -0.376 e. The molecule has 10 heavy (non-hydrogen) atoms. The topological polar surface area (TPSA) is 35.8 Å². The smallest absolute Gasteiger partial charge is 0.0910 e. The van der Waals surface area contributed by atoms with Crippen LogP contribution in [0.4, 0.5) is 0 Å². The van der Waals surface area contributed by atoms with Gasteiger partial charge in [0.2, 0.25) is 0 Å². The van der Waals surface area contributed by atoms with Crippen LogP contribution in [0, 0.1) is 0 Å². The van der Waals surface area contributed by atoms with Gasteiger partial charge in [-0.05, 0) is 12.8 Å². The highest BCUT2D eigenvalue weighted by atomic mass is 32.1. The molecule has 0 atom stereocenters. The van der Waals surface area contributed by atoms with Crippen molar-refractivity contribution in [3.8, 4) is 0 Å². The summed E-state index contributed by atoms with van der Waals surface area (Å²) in [6, 6.07) is 0.581. The minimum atomic E-state index is 0.242. The summed E-state index contributed by atoms with van der Waals surface area (Å²) in [6.07, 6.45) is 5.11. The summed E-state index contributed by atoms with van der Waals surface area (Å²) in [6.45, 7) is 0.242. The summed E-state index contributed by atoms with van der Waals surface area (Å²) in [4.78, 5) is 0.701. The van der Waals surface area contributed by atoms with E-state index in [0.717, 1.165) is 0 Å². The molecule has 1 saturated carbocycles. The summed E-state index contributed by atoms with van der Waals surface area (Å²) in [5.74, 6) is 0. The van der Waals surface area contributed by atoms with Crippen LogP contribution in [0.5, 0.6) is 0 Å². The Bertz CT molecular complexity index is 119. The van der Waals surface area contributed by atoms with Crippen LogP contribution in [-0.2, 0) is 0 Å². The van der Waals surface area contributed by atoms with E-state index in [0.29, 0.717) is 11.0 Å². The minimum absolute atomic E-state index is 0.242. The van der Waals surface area contributed by atoms with Gasteiger partial charge in [0, 0.05) is 6.04 Å². The van der Waals surface area contributed by atoms with E-state index in [1.165, 1.54) is 25.7 Å². The molecule has 1 aliphatic rings. The van der Waals surface area contributed by atoms with E-state index in [4.69, 9.17) is 18.0 Å². The third-order valence-electron chi connectivity index (χ3n) is 1.88. The number of hydrogen-bond donors (Lipinski definition) is 1. The molecule has 0 saturated heterocycles. The lowest BCUT2D eigenvalue weighted by atomic mass is 10.2. The largest absolute Gasteiger partial charge is 0.376 e. The fraction of sp³-hybridized carbons (Fsp3) is 0.857. The van der Waals surface area contributed by atoms with Crippen molar-refractivity contribution in [3.05, 3.63) is 0 Å². The van der Waals surface area contributed by atoms with Gasteiger partial charge in [0.15, 0.2) is 0 Å². The molecule has 0 unspecified atom stereocenters. The van der Waals surface area contributed by atoms with Crippen molar-refractivity contribution in [2.24, 2.45) is 0 Å². The van der Waals surface area contributed by atoms with Crippen molar-refractivity contribution in [2.45, 2.75) is 31.7 Å². The van der Waals surface area contributed by atoms with Gasteiger partial charge in [0.1, 0.15) is 0 Å². The molecular formula is C7H13N2S. The third kappa shape index (κ3) is 2.23. The number of rotatable bonds is 2. The van der Waals surface area contributed by atoms with Gasteiger partial charge in [-0.1, -0.05) is 25.1 Å². The van der Waals surface area contributed by atoms with Crippen molar-refractivity contribution in [1.82, 2.24) is 11.1 Å². The Kier molecular flexibility index (Phi) is 3.09. The van der Waals surface area contributed by atoms with Gasteiger partial charge in [-0.2, -0.15) is 0 Å². The molecule has 1 rings (SSSR count). The zero-order valence-corrected chi connectivity index (χ0v) is 6.84. The average molecular weight is 157 g/mol. The first-order valence-electron chi connectivity index (χ1n) is 3.77. The van der Waals surface area contributed by atoms with Gasteiger partial charge >= 0.3 is 0 Å². The zero-order chi connectivity index (χ0) is 7.40. The van der Waals surface area contributed by atoms with Crippen molar-refractivity contribution in [1.29, 1.82) is 0 Å². The Morgan fingerprint density at radius 2 is 2.10 bits per heavy atom. The highest BCUT2D eigenvalue weighted by molar-refractivity contribution is 7.80. The van der Waals surface area contributed by atoms with Crippen molar-refractivity contribution in [2.75, 3.05) is 6.54 Å². The van der Waals surface area contributed by atoms with E-state index in [-0.39, 0.29) is 6.54 Å². The Balaban J connectivity index is 2.17. The molecule has 0 bridgehead atoms. The molecule has 0 heterocycles. The summed E-state index contributed by atoms with van der Waals surface area (Å²) < 4.78 is 0. The lowest BCUT2D eigenvalue weighted by molar-refractivity contribution is 0.631. The van der Waals surface area contributed by atoms with Gasteiger partial charge in [-0.25, -0.2) is 0 Å². The Labute approximate surface area is 67.2 Å². The molecule has 1 fully saturated rings. The summed E-state index contributed by atoms with van der Waals surface area (Å²) >= 11 is 4.89. The molecule has 0 aromatic carbocycles. The highest BCUT2D eigenvalue weighted by Crippen LogP contribution is 2.17. The van der Waals surface area contributed by atoms with Crippen LogP contribution >= 0.6 is 12.2 Å². The molecule has 57 valence electrons. The summed E-state index contributed by atoms with van der Waals surface area (Å²) in [5.41, 5.74) is 6.97.